The molecular formula is C17H23NO2. The van der Waals surface area contributed by atoms with E-state index in [1.54, 1.807) is 0 Å². The highest BCUT2D eigenvalue weighted by molar-refractivity contribution is 5.82. The zero-order valence-electron chi connectivity index (χ0n) is 12.2. The Hall–Kier alpha value is -1.32. The average Bonchev–Trinajstić information content (AvgIpc) is 2.79. The van der Waals surface area contributed by atoms with Gasteiger partial charge in [0, 0.05) is 11.4 Å². The molecule has 1 saturated carbocycles. The van der Waals surface area contributed by atoms with Crippen LogP contribution in [0.2, 0.25) is 0 Å². The summed E-state index contributed by atoms with van der Waals surface area (Å²) >= 11 is 0. The summed E-state index contributed by atoms with van der Waals surface area (Å²) in [5.74, 6) is 1.04. The molecule has 0 amide bonds. The van der Waals surface area contributed by atoms with Crippen LogP contribution in [0, 0.1) is 6.92 Å². The highest BCUT2D eigenvalue weighted by atomic mass is 16.3. The second-order valence-electron chi connectivity index (χ2n) is 5.98. The van der Waals surface area contributed by atoms with Crippen molar-refractivity contribution in [2.45, 2.75) is 57.7 Å². The fourth-order valence-corrected chi connectivity index (χ4v) is 3.28. The molecule has 0 bridgehead atoms. The number of fused-ring (bicyclic) bond motifs is 1. The maximum absolute atomic E-state index is 9.57. The number of hydrogen-bond donors (Lipinski definition) is 2. The standard InChI is InChI=1S/C17H23NO2/c1-11-15-5-3-4-6-16(15)20-17(11)12(2)18-13-7-9-14(19)10-8-13/h3-6,12-14,18-19H,7-10H2,1-2H3. The Balaban J connectivity index is 1.75. The van der Waals surface area contributed by atoms with Gasteiger partial charge in [0.15, 0.2) is 0 Å². The molecule has 1 aromatic carbocycles. The van der Waals surface area contributed by atoms with E-state index in [4.69, 9.17) is 4.42 Å². The van der Waals surface area contributed by atoms with E-state index in [2.05, 4.69) is 31.3 Å². The van der Waals surface area contributed by atoms with Crippen LogP contribution in [0.5, 0.6) is 0 Å². The smallest absolute Gasteiger partial charge is 0.134 e. The maximum atomic E-state index is 9.57. The fraction of sp³-hybridized carbons (Fsp3) is 0.529. The third-order valence-electron chi connectivity index (χ3n) is 4.46. The van der Waals surface area contributed by atoms with Crippen molar-refractivity contribution in [2.75, 3.05) is 0 Å². The van der Waals surface area contributed by atoms with Gasteiger partial charge in [0.05, 0.1) is 12.1 Å². The van der Waals surface area contributed by atoms with Crippen molar-refractivity contribution < 1.29 is 9.52 Å². The molecule has 0 radical (unpaired) electrons. The Morgan fingerprint density at radius 2 is 1.90 bits per heavy atom. The molecule has 1 aliphatic carbocycles. The molecule has 0 spiro atoms. The lowest BCUT2D eigenvalue weighted by Crippen LogP contribution is -2.36. The number of rotatable bonds is 3. The van der Waals surface area contributed by atoms with Gasteiger partial charge < -0.3 is 14.8 Å². The molecule has 108 valence electrons. The van der Waals surface area contributed by atoms with Gasteiger partial charge in [-0.25, -0.2) is 0 Å². The summed E-state index contributed by atoms with van der Waals surface area (Å²) in [7, 11) is 0. The van der Waals surface area contributed by atoms with Gasteiger partial charge in [-0.1, -0.05) is 18.2 Å². The normalized spacial score (nSPS) is 24.9. The molecule has 0 saturated heterocycles. The molecule has 2 aromatic rings. The van der Waals surface area contributed by atoms with Crippen molar-refractivity contribution in [1.82, 2.24) is 5.32 Å². The van der Waals surface area contributed by atoms with Crippen molar-refractivity contribution in [1.29, 1.82) is 0 Å². The molecule has 2 N–H and O–H groups in total. The molecular weight excluding hydrogens is 250 g/mol. The highest BCUT2D eigenvalue weighted by Gasteiger charge is 2.23. The highest BCUT2D eigenvalue weighted by Crippen LogP contribution is 2.30. The van der Waals surface area contributed by atoms with Gasteiger partial charge in [0.2, 0.25) is 0 Å². The zero-order valence-corrected chi connectivity index (χ0v) is 12.2. The average molecular weight is 273 g/mol. The summed E-state index contributed by atoms with van der Waals surface area (Å²) in [4.78, 5) is 0. The SMILES string of the molecule is Cc1c(C(C)NC2CCC(O)CC2)oc2ccccc12. The first kappa shape index (κ1) is 13.7. The summed E-state index contributed by atoms with van der Waals surface area (Å²) in [6.45, 7) is 4.29. The Labute approximate surface area is 120 Å². The monoisotopic (exact) mass is 273 g/mol. The molecule has 20 heavy (non-hydrogen) atoms. The Bertz CT molecular complexity index is 582. The van der Waals surface area contributed by atoms with Crippen molar-refractivity contribution in [3.63, 3.8) is 0 Å². The van der Waals surface area contributed by atoms with E-state index in [1.165, 1.54) is 10.9 Å². The van der Waals surface area contributed by atoms with Crippen molar-refractivity contribution in [3.8, 4) is 0 Å². The zero-order chi connectivity index (χ0) is 14.1. The molecule has 1 aliphatic rings. The number of benzene rings is 1. The maximum Gasteiger partial charge on any atom is 0.134 e. The Kier molecular flexibility index (Phi) is 3.81. The van der Waals surface area contributed by atoms with Gasteiger partial charge in [-0.15, -0.1) is 0 Å². The van der Waals surface area contributed by atoms with Crippen molar-refractivity contribution in [3.05, 3.63) is 35.6 Å². The van der Waals surface area contributed by atoms with Gasteiger partial charge in [-0.3, -0.25) is 0 Å². The van der Waals surface area contributed by atoms with Crippen LogP contribution in [0.4, 0.5) is 0 Å². The molecule has 1 aromatic heterocycles. The van der Waals surface area contributed by atoms with Crippen LogP contribution >= 0.6 is 0 Å². The van der Waals surface area contributed by atoms with Gasteiger partial charge in [-0.2, -0.15) is 0 Å². The van der Waals surface area contributed by atoms with Gasteiger partial charge in [0.25, 0.3) is 0 Å². The third kappa shape index (κ3) is 2.60. The molecule has 1 atom stereocenters. The lowest BCUT2D eigenvalue weighted by Gasteiger charge is -2.28. The number of aliphatic hydroxyl groups excluding tert-OH is 1. The first-order valence-corrected chi connectivity index (χ1v) is 7.57. The lowest BCUT2D eigenvalue weighted by molar-refractivity contribution is 0.114. The van der Waals surface area contributed by atoms with E-state index in [-0.39, 0.29) is 12.1 Å². The number of aliphatic hydroxyl groups is 1. The Morgan fingerprint density at radius 1 is 1.20 bits per heavy atom. The quantitative estimate of drug-likeness (QED) is 0.896. The predicted molar refractivity (Wildman–Crippen MR) is 80.8 cm³/mol. The molecule has 0 aliphatic heterocycles. The number of para-hydroxylation sites is 1. The van der Waals surface area contributed by atoms with Crippen LogP contribution in [0.25, 0.3) is 11.0 Å². The van der Waals surface area contributed by atoms with Crippen LogP contribution < -0.4 is 5.32 Å². The number of nitrogens with one attached hydrogen (secondary N) is 1. The first-order chi connectivity index (χ1) is 9.65. The van der Waals surface area contributed by atoms with E-state index in [0.29, 0.717) is 6.04 Å². The van der Waals surface area contributed by atoms with Crippen LogP contribution in [-0.4, -0.2) is 17.3 Å². The first-order valence-electron chi connectivity index (χ1n) is 7.57. The summed E-state index contributed by atoms with van der Waals surface area (Å²) in [6, 6.07) is 8.89. The molecule has 1 unspecified atom stereocenters. The summed E-state index contributed by atoms with van der Waals surface area (Å²) < 4.78 is 6.01. The minimum absolute atomic E-state index is 0.101. The minimum atomic E-state index is -0.101. The summed E-state index contributed by atoms with van der Waals surface area (Å²) in [5, 5.41) is 14.4. The lowest BCUT2D eigenvalue weighted by atomic mass is 9.92. The van der Waals surface area contributed by atoms with Gasteiger partial charge in [0.1, 0.15) is 11.3 Å². The molecule has 3 nitrogen and oxygen atoms in total. The fourth-order valence-electron chi connectivity index (χ4n) is 3.28. The predicted octanol–water partition coefficient (Wildman–Crippen LogP) is 3.70. The molecule has 1 heterocycles. The van der Waals surface area contributed by atoms with E-state index >= 15 is 0 Å². The number of hydrogen-bond acceptors (Lipinski definition) is 3. The molecule has 1 fully saturated rings. The van der Waals surface area contributed by atoms with Crippen LogP contribution in [-0.2, 0) is 0 Å². The minimum Gasteiger partial charge on any atom is -0.459 e. The second kappa shape index (κ2) is 5.58. The number of furan rings is 1. The third-order valence-corrected chi connectivity index (χ3v) is 4.46. The van der Waals surface area contributed by atoms with Crippen LogP contribution in [0.3, 0.4) is 0 Å². The van der Waals surface area contributed by atoms with Crippen LogP contribution in [0.15, 0.2) is 28.7 Å². The van der Waals surface area contributed by atoms with Gasteiger partial charge >= 0.3 is 0 Å². The summed E-state index contributed by atoms with van der Waals surface area (Å²) in [6.07, 6.45) is 3.80. The topological polar surface area (TPSA) is 45.4 Å². The largest absolute Gasteiger partial charge is 0.459 e. The number of aryl methyl sites for hydroxylation is 1. The van der Waals surface area contributed by atoms with E-state index in [1.807, 2.05) is 12.1 Å². The van der Waals surface area contributed by atoms with E-state index < -0.39 is 0 Å². The second-order valence-corrected chi connectivity index (χ2v) is 5.98. The molecule has 3 heteroatoms. The van der Waals surface area contributed by atoms with E-state index in [0.717, 1.165) is 37.0 Å². The molecule has 3 rings (SSSR count). The van der Waals surface area contributed by atoms with Crippen LogP contribution in [0.1, 0.15) is 50.0 Å². The summed E-state index contributed by atoms with van der Waals surface area (Å²) in [5.41, 5.74) is 2.20. The van der Waals surface area contributed by atoms with E-state index in [9.17, 15) is 5.11 Å². The van der Waals surface area contributed by atoms with Crippen molar-refractivity contribution in [2.24, 2.45) is 0 Å². The Morgan fingerprint density at radius 3 is 2.60 bits per heavy atom. The van der Waals surface area contributed by atoms with Gasteiger partial charge in [-0.05, 0) is 51.2 Å². The van der Waals surface area contributed by atoms with Crippen molar-refractivity contribution >= 4 is 11.0 Å².